The second kappa shape index (κ2) is 3.25. The van der Waals surface area contributed by atoms with E-state index in [1.54, 1.807) is 11.3 Å². The summed E-state index contributed by atoms with van der Waals surface area (Å²) in [7, 11) is 0. The van der Waals surface area contributed by atoms with Gasteiger partial charge in [-0.15, -0.1) is 11.3 Å². The standard InChI is InChI=1S/C8H9NO2S/c10-8-5-11-4-6(9-8)7-2-1-3-12-7/h1-3,6H,4-5H2,(H,9,10)/t6-/m0/s1. The van der Waals surface area contributed by atoms with Gasteiger partial charge in [-0.3, -0.25) is 4.79 Å². The highest BCUT2D eigenvalue weighted by Crippen LogP contribution is 2.20. The van der Waals surface area contributed by atoms with Gasteiger partial charge in [-0.25, -0.2) is 0 Å². The average Bonchev–Trinajstić information content (AvgIpc) is 2.56. The number of carbonyl (C=O) groups is 1. The maximum absolute atomic E-state index is 10.9. The van der Waals surface area contributed by atoms with Gasteiger partial charge < -0.3 is 10.1 Å². The van der Waals surface area contributed by atoms with Crippen molar-refractivity contribution in [1.29, 1.82) is 0 Å². The Kier molecular flexibility index (Phi) is 2.10. The van der Waals surface area contributed by atoms with Crippen LogP contribution < -0.4 is 5.32 Å². The van der Waals surface area contributed by atoms with E-state index in [-0.39, 0.29) is 18.6 Å². The van der Waals surface area contributed by atoms with Crippen molar-refractivity contribution in [3.63, 3.8) is 0 Å². The lowest BCUT2D eigenvalue weighted by molar-refractivity contribution is -0.131. The average molecular weight is 183 g/mol. The molecule has 0 aromatic carbocycles. The second-order valence-corrected chi connectivity index (χ2v) is 3.63. The zero-order valence-corrected chi connectivity index (χ0v) is 7.26. The van der Waals surface area contributed by atoms with E-state index in [0.717, 1.165) is 4.88 Å². The Hall–Kier alpha value is -0.870. The van der Waals surface area contributed by atoms with Gasteiger partial charge in [0.1, 0.15) is 6.61 Å². The number of amides is 1. The molecule has 1 fully saturated rings. The quantitative estimate of drug-likeness (QED) is 0.703. The molecule has 1 aliphatic rings. The van der Waals surface area contributed by atoms with Gasteiger partial charge in [0, 0.05) is 4.88 Å². The van der Waals surface area contributed by atoms with Gasteiger partial charge in [0.15, 0.2) is 0 Å². The lowest BCUT2D eigenvalue weighted by Crippen LogP contribution is -2.39. The van der Waals surface area contributed by atoms with Crippen LogP contribution in [0.5, 0.6) is 0 Å². The molecule has 1 N–H and O–H groups in total. The first-order valence-electron chi connectivity index (χ1n) is 3.77. The monoisotopic (exact) mass is 183 g/mol. The summed E-state index contributed by atoms with van der Waals surface area (Å²) in [5.41, 5.74) is 0. The molecule has 1 saturated heterocycles. The van der Waals surface area contributed by atoms with Gasteiger partial charge >= 0.3 is 0 Å². The number of nitrogens with one attached hydrogen (secondary N) is 1. The number of rotatable bonds is 1. The van der Waals surface area contributed by atoms with Gasteiger partial charge in [-0.05, 0) is 11.4 Å². The van der Waals surface area contributed by atoms with Crippen molar-refractivity contribution in [3.05, 3.63) is 22.4 Å². The molecule has 2 heterocycles. The Morgan fingerprint density at radius 1 is 1.67 bits per heavy atom. The largest absolute Gasteiger partial charge is 0.369 e. The first kappa shape index (κ1) is 7.76. The molecule has 1 aromatic heterocycles. The lowest BCUT2D eigenvalue weighted by Gasteiger charge is -2.22. The van der Waals surface area contributed by atoms with E-state index in [9.17, 15) is 4.79 Å². The van der Waals surface area contributed by atoms with E-state index >= 15 is 0 Å². The summed E-state index contributed by atoms with van der Waals surface area (Å²) in [5.74, 6) is -0.0281. The normalized spacial score (nSPS) is 23.7. The van der Waals surface area contributed by atoms with Crippen molar-refractivity contribution >= 4 is 17.2 Å². The van der Waals surface area contributed by atoms with Crippen molar-refractivity contribution in [3.8, 4) is 0 Å². The molecule has 0 radical (unpaired) electrons. The molecule has 0 unspecified atom stereocenters. The van der Waals surface area contributed by atoms with Crippen molar-refractivity contribution in [1.82, 2.24) is 5.32 Å². The predicted octanol–water partition coefficient (Wildman–Crippen LogP) is 0.936. The molecule has 0 saturated carbocycles. The highest BCUT2D eigenvalue weighted by Gasteiger charge is 2.20. The summed E-state index contributed by atoms with van der Waals surface area (Å²) >= 11 is 1.64. The minimum absolute atomic E-state index is 0.0281. The molecule has 1 aliphatic heterocycles. The van der Waals surface area contributed by atoms with E-state index in [2.05, 4.69) is 5.32 Å². The third-order valence-corrected chi connectivity index (χ3v) is 2.73. The van der Waals surface area contributed by atoms with Crippen molar-refractivity contribution in [2.24, 2.45) is 0 Å². The first-order valence-corrected chi connectivity index (χ1v) is 4.65. The Bertz CT molecular complexity index is 271. The van der Waals surface area contributed by atoms with Gasteiger partial charge in [-0.2, -0.15) is 0 Å². The van der Waals surface area contributed by atoms with Gasteiger partial charge in [0.05, 0.1) is 12.6 Å². The summed E-state index contributed by atoms with van der Waals surface area (Å²) in [4.78, 5) is 12.1. The molecule has 3 nitrogen and oxygen atoms in total. The fourth-order valence-electron chi connectivity index (χ4n) is 1.19. The minimum atomic E-state index is -0.0281. The second-order valence-electron chi connectivity index (χ2n) is 2.65. The smallest absolute Gasteiger partial charge is 0.246 e. The van der Waals surface area contributed by atoms with Crippen LogP contribution in [0.25, 0.3) is 0 Å². The summed E-state index contributed by atoms with van der Waals surface area (Å²) in [6.45, 7) is 0.786. The summed E-state index contributed by atoms with van der Waals surface area (Å²) in [5, 5.41) is 4.86. The Morgan fingerprint density at radius 2 is 2.58 bits per heavy atom. The molecule has 1 aromatic rings. The molecule has 12 heavy (non-hydrogen) atoms. The van der Waals surface area contributed by atoms with Crippen LogP contribution in [0.15, 0.2) is 17.5 Å². The molecular weight excluding hydrogens is 174 g/mol. The van der Waals surface area contributed by atoms with E-state index in [1.165, 1.54) is 0 Å². The van der Waals surface area contributed by atoms with Crippen molar-refractivity contribution in [2.75, 3.05) is 13.2 Å². The Balaban J connectivity index is 2.09. The van der Waals surface area contributed by atoms with Gasteiger partial charge in [-0.1, -0.05) is 6.07 Å². The van der Waals surface area contributed by atoms with Crippen LogP contribution in [0.4, 0.5) is 0 Å². The molecule has 2 rings (SSSR count). The SMILES string of the molecule is O=C1COC[C@@H](c2cccs2)N1. The molecule has 1 amide bonds. The number of thiophene rings is 1. The molecule has 0 bridgehead atoms. The molecule has 64 valence electrons. The molecule has 1 atom stereocenters. The lowest BCUT2D eigenvalue weighted by atomic mass is 10.2. The van der Waals surface area contributed by atoms with Crippen molar-refractivity contribution < 1.29 is 9.53 Å². The van der Waals surface area contributed by atoms with Crippen molar-refractivity contribution in [2.45, 2.75) is 6.04 Å². The van der Waals surface area contributed by atoms with E-state index in [4.69, 9.17) is 4.74 Å². The molecule has 0 spiro atoms. The van der Waals surface area contributed by atoms with Gasteiger partial charge in [0.25, 0.3) is 0 Å². The highest BCUT2D eigenvalue weighted by molar-refractivity contribution is 7.10. The minimum Gasteiger partial charge on any atom is -0.369 e. The topological polar surface area (TPSA) is 38.3 Å². The molecule has 4 heteroatoms. The first-order chi connectivity index (χ1) is 5.86. The number of hydrogen-bond acceptors (Lipinski definition) is 3. The van der Waals surface area contributed by atoms with Crippen LogP contribution in [0.2, 0.25) is 0 Å². The molecular formula is C8H9NO2S. The van der Waals surface area contributed by atoms with E-state index in [1.807, 2.05) is 17.5 Å². The fourth-order valence-corrected chi connectivity index (χ4v) is 1.95. The van der Waals surface area contributed by atoms with Crippen LogP contribution in [-0.2, 0) is 9.53 Å². The van der Waals surface area contributed by atoms with Crippen LogP contribution >= 0.6 is 11.3 Å². The van der Waals surface area contributed by atoms with Crippen LogP contribution in [0.3, 0.4) is 0 Å². The Morgan fingerprint density at radius 3 is 3.25 bits per heavy atom. The summed E-state index contributed by atoms with van der Waals surface area (Å²) < 4.78 is 5.11. The summed E-state index contributed by atoms with van der Waals surface area (Å²) in [6, 6.07) is 4.04. The number of morpholine rings is 1. The van der Waals surface area contributed by atoms with Crippen LogP contribution in [0.1, 0.15) is 10.9 Å². The molecule has 0 aliphatic carbocycles. The number of hydrogen-bond donors (Lipinski definition) is 1. The summed E-state index contributed by atoms with van der Waals surface area (Å²) in [6.07, 6.45) is 0. The van der Waals surface area contributed by atoms with Crippen LogP contribution in [0, 0.1) is 0 Å². The third-order valence-electron chi connectivity index (χ3n) is 1.74. The predicted molar refractivity (Wildman–Crippen MR) is 46.0 cm³/mol. The number of ether oxygens (including phenoxy) is 1. The fraction of sp³-hybridized carbons (Fsp3) is 0.375. The zero-order chi connectivity index (χ0) is 8.39. The Labute approximate surface area is 74.4 Å². The number of carbonyl (C=O) groups excluding carboxylic acids is 1. The van der Waals surface area contributed by atoms with E-state index < -0.39 is 0 Å². The van der Waals surface area contributed by atoms with Gasteiger partial charge in [0.2, 0.25) is 5.91 Å². The maximum Gasteiger partial charge on any atom is 0.246 e. The van der Waals surface area contributed by atoms with E-state index in [0.29, 0.717) is 6.61 Å². The van der Waals surface area contributed by atoms with Crippen LogP contribution in [-0.4, -0.2) is 19.1 Å². The zero-order valence-electron chi connectivity index (χ0n) is 6.45. The maximum atomic E-state index is 10.9. The highest BCUT2D eigenvalue weighted by atomic mass is 32.1. The third kappa shape index (κ3) is 1.49.